The molecular formula is C21H18ClN5O2. The van der Waals surface area contributed by atoms with Crippen LogP contribution in [0.2, 0.25) is 5.02 Å². The summed E-state index contributed by atoms with van der Waals surface area (Å²) in [5.74, 6) is -0.757. The van der Waals surface area contributed by atoms with Gasteiger partial charge in [0.1, 0.15) is 6.07 Å². The Morgan fingerprint density at radius 2 is 1.90 bits per heavy atom. The molecule has 1 aromatic heterocycles. The SMILES string of the molecule is Cc1nn(-c2ccc(C#N)c(Cl)c2)c(C)c1C(=O)NCc1ccc(C(N)=O)cc1. The molecule has 0 unspecified atom stereocenters. The van der Waals surface area contributed by atoms with Crippen LogP contribution in [0.5, 0.6) is 0 Å². The average molecular weight is 408 g/mol. The monoisotopic (exact) mass is 407 g/mol. The zero-order chi connectivity index (χ0) is 21.1. The van der Waals surface area contributed by atoms with Crippen LogP contribution in [-0.4, -0.2) is 21.6 Å². The first-order chi connectivity index (χ1) is 13.8. The molecule has 29 heavy (non-hydrogen) atoms. The zero-order valence-electron chi connectivity index (χ0n) is 15.9. The van der Waals surface area contributed by atoms with Crippen molar-refractivity contribution in [2.75, 3.05) is 0 Å². The smallest absolute Gasteiger partial charge is 0.255 e. The molecule has 0 bridgehead atoms. The second-order valence-corrected chi connectivity index (χ2v) is 6.88. The number of nitrogens with two attached hydrogens (primary N) is 1. The summed E-state index contributed by atoms with van der Waals surface area (Å²) in [6.45, 7) is 3.85. The summed E-state index contributed by atoms with van der Waals surface area (Å²) in [5, 5.41) is 16.6. The Morgan fingerprint density at radius 1 is 1.21 bits per heavy atom. The predicted molar refractivity (Wildman–Crippen MR) is 109 cm³/mol. The van der Waals surface area contributed by atoms with Gasteiger partial charge in [-0.3, -0.25) is 9.59 Å². The van der Waals surface area contributed by atoms with E-state index in [0.717, 1.165) is 5.56 Å². The van der Waals surface area contributed by atoms with Crippen molar-refractivity contribution in [1.82, 2.24) is 15.1 Å². The van der Waals surface area contributed by atoms with Gasteiger partial charge in [0.2, 0.25) is 5.91 Å². The number of carbonyl (C=O) groups is 2. The minimum Gasteiger partial charge on any atom is -0.366 e. The van der Waals surface area contributed by atoms with E-state index in [1.54, 1.807) is 61.0 Å². The minimum atomic E-state index is -0.498. The van der Waals surface area contributed by atoms with Gasteiger partial charge in [0, 0.05) is 12.1 Å². The molecule has 0 fully saturated rings. The van der Waals surface area contributed by atoms with E-state index in [2.05, 4.69) is 10.4 Å². The number of nitriles is 1. The van der Waals surface area contributed by atoms with Crippen molar-refractivity contribution in [3.63, 3.8) is 0 Å². The van der Waals surface area contributed by atoms with Crippen molar-refractivity contribution in [2.45, 2.75) is 20.4 Å². The van der Waals surface area contributed by atoms with Crippen molar-refractivity contribution in [3.8, 4) is 11.8 Å². The Morgan fingerprint density at radius 3 is 2.48 bits per heavy atom. The first-order valence-corrected chi connectivity index (χ1v) is 9.12. The summed E-state index contributed by atoms with van der Waals surface area (Å²) in [4.78, 5) is 23.9. The van der Waals surface area contributed by atoms with Gasteiger partial charge in [-0.1, -0.05) is 23.7 Å². The molecule has 0 saturated heterocycles. The lowest BCUT2D eigenvalue weighted by atomic mass is 10.1. The third kappa shape index (κ3) is 4.13. The topological polar surface area (TPSA) is 114 Å². The van der Waals surface area contributed by atoms with E-state index in [4.69, 9.17) is 22.6 Å². The zero-order valence-corrected chi connectivity index (χ0v) is 16.6. The number of primary amides is 1. The Kier molecular flexibility index (Phi) is 5.66. The van der Waals surface area contributed by atoms with Crippen LogP contribution in [0, 0.1) is 25.2 Å². The van der Waals surface area contributed by atoms with Gasteiger partial charge < -0.3 is 11.1 Å². The normalized spacial score (nSPS) is 10.4. The fraction of sp³-hybridized carbons (Fsp3) is 0.143. The van der Waals surface area contributed by atoms with Crippen LogP contribution < -0.4 is 11.1 Å². The van der Waals surface area contributed by atoms with Crippen LogP contribution in [0.4, 0.5) is 0 Å². The number of hydrogen-bond donors (Lipinski definition) is 2. The lowest BCUT2D eigenvalue weighted by molar-refractivity contribution is 0.0948. The maximum Gasteiger partial charge on any atom is 0.255 e. The molecule has 1 heterocycles. The van der Waals surface area contributed by atoms with Gasteiger partial charge in [0.05, 0.1) is 33.2 Å². The molecule has 7 nitrogen and oxygen atoms in total. The highest BCUT2D eigenvalue weighted by Crippen LogP contribution is 2.23. The van der Waals surface area contributed by atoms with Crippen molar-refractivity contribution in [1.29, 1.82) is 5.26 Å². The lowest BCUT2D eigenvalue weighted by Crippen LogP contribution is -2.24. The molecule has 146 valence electrons. The molecule has 0 saturated carbocycles. The molecule has 8 heteroatoms. The van der Waals surface area contributed by atoms with Gasteiger partial charge in [0.15, 0.2) is 0 Å². The molecule has 0 aliphatic carbocycles. The Bertz CT molecular complexity index is 1140. The maximum atomic E-state index is 12.7. The summed E-state index contributed by atoms with van der Waals surface area (Å²) in [7, 11) is 0. The van der Waals surface area contributed by atoms with Crippen molar-refractivity contribution in [2.24, 2.45) is 5.73 Å². The van der Waals surface area contributed by atoms with Crippen LogP contribution in [0.25, 0.3) is 5.69 Å². The summed E-state index contributed by atoms with van der Waals surface area (Å²) in [6, 6.07) is 13.7. The van der Waals surface area contributed by atoms with E-state index in [9.17, 15) is 9.59 Å². The lowest BCUT2D eigenvalue weighted by Gasteiger charge is -2.08. The van der Waals surface area contributed by atoms with Gasteiger partial charge >= 0.3 is 0 Å². The van der Waals surface area contributed by atoms with Crippen molar-refractivity contribution < 1.29 is 9.59 Å². The molecule has 0 aliphatic heterocycles. The molecule has 2 aromatic carbocycles. The van der Waals surface area contributed by atoms with E-state index in [1.807, 2.05) is 6.07 Å². The second-order valence-electron chi connectivity index (χ2n) is 6.48. The van der Waals surface area contributed by atoms with Crippen LogP contribution in [0.15, 0.2) is 42.5 Å². The van der Waals surface area contributed by atoms with E-state index in [0.29, 0.717) is 45.3 Å². The predicted octanol–water partition coefficient (Wildman–Crippen LogP) is 3.04. The quantitative estimate of drug-likeness (QED) is 0.676. The third-order valence-corrected chi connectivity index (χ3v) is 4.84. The average Bonchev–Trinajstić information content (AvgIpc) is 3.00. The first-order valence-electron chi connectivity index (χ1n) is 8.75. The second kappa shape index (κ2) is 8.17. The highest BCUT2D eigenvalue weighted by molar-refractivity contribution is 6.31. The minimum absolute atomic E-state index is 0.259. The fourth-order valence-corrected chi connectivity index (χ4v) is 3.22. The number of benzene rings is 2. The standard InChI is InChI=1S/C21H18ClN5O2/c1-12-19(21(29)25-11-14-3-5-15(6-4-14)20(24)28)13(2)27(26-12)17-8-7-16(10-23)18(22)9-17/h3-9H,11H2,1-2H3,(H2,24,28)(H,25,29). The van der Waals surface area contributed by atoms with E-state index < -0.39 is 5.91 Å². The molecule has 3 rings (SSSR count). The first kappa shape index (κ1) is 20.1. The number of rotatable bonds is 5. The van der Waals surface area contributed by atoms with Gasteiger partial charge in [-0.25, -0.2) is 4.68 Å². The van der Waals surface area contributed by atoms with Gasteiger partial charge in [0.25, 0.3) is 5.91 Å². The summed E-state index contributed by atoms with van der Waals surface area (Å²) >= 11 is 6.12. The third-order valence-electron chi connectivity index (χ3n) is 4.53. The van der Waals surface area contributed by atoms with Gasteiger partial charge in [-0.15, -0.1) is 0 Å². The molecule has 0 aliphatic rings. The van der Waals surface area contributed by atoms with E-state index in [-0.39, 0.29) is 5.91 Å². The number of aromatic nitrogens is 2. The van der Waals surface area contributed by atoms with Crippen LogP contribution >= 0.6 is 11.6 Å². The largest absolute Gasteiger partial charge is 0.366 e. The number of carbonyl (C=O) groups excluding carboxylic acids is 2. The molecule has 0 radical (unpaired) electrons. The summed E-state index contributed by atoms with van der Waals surface area (Å²) < 4.78 is 1.62. The molecule has 0 atom stereocenters. The highest BCUT2D eigenvalue weighted by atomic mass is 35.5. The molecule has 3 aromatic rings. The number of aryl methyl sites for hydroxylation is 1. The van der Waals surface area contributed by atoms with Gasteiger partial charge in [-0.05, 0) is 49.7 Å². The highest BCUT2D eigenvalue weighted by Gasteiger charge is 2.19. The molecular weight excluding hydrogens is 390 g/mol. The number of nitrogens with zero attached hydrogens (tertiary/aromatic N) is 3. The van der Waals surface area contributed by atoms with E-state index >= 15 is 0 Å². The van der Waals surface area contributed by atoms with Crippen molar-refractivity contribution >= 4 is 23.4 Å². The summed E-state index contributed by atoms with van der Waals surface area (Å²) in [6.07, 6.45) is 0. The summed E-state index contributed by atoms with van der Waals surface area (Å²) in [5.41, 5.74) is 9.22. The van der Waals surface area contributed by atoms with Gasteiger partial charge in [-0.2, -0.15) is 10.4 Å². The Balaban J connectivity index is 1.80. The molecule has 3 N–H and O–H groups in total. The molecule has 0 spiro atoms. The fourth-order valence-electron chi connectivity index (χ4n) is 3.01. The Labute approximate surface area is 172 Å². The van der Waals surface area contributed by atoms with Crippen LogP contribution in [0.1, 0.15) is 43.2 Å². The number of amides is 2. The number of nitrogens with one attached hydrogen (secondary N) is 1. The molecule has 2 amide bonds. The Hall–Kier alpha value is -3.63. The van der Waals surface area contributed by atoms with Crippen LogP contribution in [-0.2, 0) is 6.54 Å². The maximum absolute atomic E-state index is 12.7. The van der Waals surface area contributed by atoms with E-state index in [1.165, 1.54) is 0 Å². The van der Waals surface area contributed by atoms with Crippen molar-refractivity contribution in [3.05, 3.63) is 81.1 Å². The number of halogens is 1. The number of hydrogen-bond acceptors (Lipinski definition) is 4. The van der Waals surface area contributed by atoms with Crippen LogP contribution in [0.3, 0.4) is 0 Å².